The van der Waals surface area contributed by atoms with Gasteiger partial charge in [-0.3, -0.25) is 4.79 Å². The highest BCUT2D eigenvalue weighted by molar-refractivity contribution is 7.14. The fourth-order valence-corrected chi connectivity index (χ4v) is 1.45. The van der Waals surface area contributed by atoms with Crippen LogP contribution < -0.4 is 11.1 Å². The van der Waals surface area contributed by atoms with E-state index in [9.17, 15) is 4.79 Å². The lowest BCUT2D eigenvalue weighted by Gasteiger charge is -1.95. The Balaban J connectivity index is 3.01. The Morgan fingerprint density at radius 2 is 2.50 bits per heavy atom. The topological polar surface area (TPSA) is 55.1 Å². The first-order chi connectivity index (χ1) is 4.75. The Morgan fingerprint density at radius 3 is 2.90 bits per heavy atom. The van der Waals surface area contributed by atoms with E-state index in [-0.39, 0.29) is 5.91 Å². The van der Waals surface area contributed by atoms with E-state index in [0.717, 1.165) is 5.00 Å². The number of amides is 1. The molecule has 54 valence electrons. The second-order valence-corrected chi connectivity index (χ2v) is 2.69. The molecule has 0 radical (unpaired) electrons. The quantitative estimate of drug-likeness (QED) is 0.668. The Kier molecular flexibility index (Phi) is 1.91. The van der Waals surface area contributed by atoms with Crippen molar-refractivity contribution >= 4 is 22.2 Å². The number of hydrogen-bond donors (Lipinski definition) is 2. The van der Waals surface area contributed by atoms with Gasteiger partial charge < -0.3 is 11.1 Å². The van der Waals surface area contributed by atoms with Gasteiger partial charge in [-0.15, -0.1) is 11.3 Å². The summed E-state index contributed by atoms with van der Waals surface area (Å²) in [5.74, 6) is -0.384. The average molecular weight is 156 g/mol. The van der Waals surface area contributed by atoms with Crippen molar-refractivity contribution in [3.8, 4) is 0 Å². The molecule has 1 amide bonds. The molecule has 4 heteroatoms. The summed E-state index contributed by atoms with van der Waals surface area (Å²) >= 11 is 1.47. The minimum absolute atomic E-state index is 0.384. The normalized spacial score (nSPS) is 9.30. The maximum atomic E-state index is 10.6. The van der Waals surface area contributed by atoms with Crippen LogP contribution in [0.1, 0.15) is 10.4 Å². The molecule has 0 bridgehead atoms. The van der Waals surface area contributed by atoms with Crippen molar-refractivity contribution in [1.29, 1.82) is 0 Å². The SMILES string of the molecule is CNc1sccc1C(N)=O. The first kappa shape index (κ1) is 7.08. The van der Waals surface area contributed by atoms with E-state index >= 15 is 0 Å². The fourth-order valence-electron chi connectivity index (χ4n) is 0.697. The van der Waals surface area contributed by atoms with E-state index in [0.29, 0.717) is 5.56 Å². The van der Waals surface area contributed by atoms with E-state index in [1.54, 1.807) is 13.1 Å². The number of anilines is 1. The minimum Gasteiger partial charge on any atom is -0.379 e. The average Bonchev–Trinajstić information content (AvgIpc) is 2.33. The maximum Gasteiger partial charge on any atom is 0.251 e. The number of primary amides is 1. The van der Waals surface area contributed by atoms with Gasteiger partial charge in [-0.1, -0.05) is 0 Å². The van der Waals surface area contributed by atoms with Crippen LogP contribution in [0.3, 0.4) is 0 Å². The van der Waals surface area contributed by atoms with E-state index in [1.165, 1.54) is 11.3 Å². The molecule has 0 aromatic carbocycles. The molecule has 0 saturated heterocycles. The molecule has 0 aliphatic heterocycles. The molecule has 0 aliphatic rings. The van der Waals surface area contributed by atoms with Crippen LogP contribution in [0, 0.1) is 0 Å². The standard InChI is InChI=1S/C6H8N2OS/c1-8-6-4(5(7)9)2-3-10-6/h2-3,8H,1H3,(H2,7,9). The number of nitrogens with two attached hydrogens (primary N) is 1. The fraction of sp³-hybridized carbons (Fsp3) is 0.167. The molecule has 0 unspecified atom stereocenters. The summed E-state index contributed by atoms with van der Waals surface area (Å²) in [6.07, 6.45) is 0. The van der Waals surface area contributed by atoms with E-state index in [4.69, 9.17) is 5.73 Å². The molecular formula is C6H8N2OS. The summed E-state index contributed by atoms with van der Waals surface area (Å²) in [5.41, 5.74) is 5.62. The second-order valence-electron chi connectivity index (χ2n) is 1.78. The minimum atomic E-state index is -0.384. The number of hydrogen-bond acceptors (Lipinski definition) is 3. The van der Waals surface area contributed by atoms with Crippen LogP contribution in [0.2, 0.25) is 0 Å². The van der Waals surface area contributed by atoms with Gasteiger partial charge in [0.2, 0.25) is 0 Å². The molecule has 3 nitrogen and oxygen atoms in total. The predicted octanol–water partition coefficient (Wildman–Crippen LogP) is 0.889. The molecule has 0 fully saturated rings. The Labute approximate surface area is 62.9 Å². The lowest BCUT2D eigenvalue weighted by atomic mass is 10.3. The Bertz CT molecular complexity index is 244. The summed E-state index contributed by atoms with van der Waals surface area (Å²) < 4.78 is 0. The highest BCUT2D eigenvalue weighted by Gasteiger charge is 2.06. The van der Waals surface area contributed by atoms with Crippen LogP contribution >= 0.6 is 11.3 Å². The molecular weight excluding hydrogens is 148 g/mol. The molecule has 0 saturated carbocycles. The van der Waals surface area contributed by atoms with Crippen molar-refractivity contribution in [3.63, 3.8) is 0 Å². The highest BCUT2D eigenvalue weighted by Crippen LogP contribution is 2.21. The molecule has 1 heterocycles. The highest BCUT2D eigenvalue weighted by atomic mass is 32.1. The van der Waals surface area contributed by atoms with Crippen LogP contribution in [0.4, 0.5) is 5.00 Å². The zero-order valence-corrected chi connectivity index (χ0v) is 6.37. The zero-order valence-electron chi connectivity index (χ0n) is 5.55. The Morgan fingerprint density at radius 1 is 1.80 bits per heavy atom. The number of thiophene rings is 1. The van der Waals surface area contributed by atoms with Crippen molar-refractivity contribution in [2.45, 2.75) is 0 Å². The van der Waals surface area contributed by atoms with E-state index < -0.39 is 0 Å². The monoisotopic (exact) mass is 156 g/mol. The summed E-state index contributed by atoms with van der Waals surface area (Å²) in [7, 11) is 1.76. The van der Waals surface area contributed by atoms with E-state index in [1.807, 2.05) is 5.38 Å². The lowest BCUT2D eigenvalue weighted by molar-refractivity contribution is 0.100. The lowest BCUT2D eigenvalue weighted by Crippen LogP contribution is -2.11. The Hall–Kier alpha value is -1.03. The van der Waals surface area contributed by atoms with Gasteiger partial charge in [0.25, 0.3) is 5.91 Å². The van der Waals surface area contributed by atoms with Crippen molar-refractivity contribution in [3.05, 3.63) is 17.0 Å². The van der Waals surface area contributed by atoms with E-state index in [2.05, 4.69) is 5.32 Å². The molecule has 0 atom stereocenters. The summed E-state index contributed by atoms with van der Waals surface area (Å²) in [6, 6.07) is 1.71. The van der Waals surface area contributed by atoms with Crippen LogP contribution in [0.25, 0.3) is 0 Å². The molecule has 10 heavy (non-hydrogen) atoms. The predicted molar refractivity (Wildman–Crippen MR) is 42.4 cm³/mol. The summed E-state index contributed by atoms with van der Waals surface area (Å²) in [5, 5.41) is 5.53. The maximum absolute atomic E-state index is 10.6. The number of nitrogens with one attached hydrogen (secondary N) is 1. The van der Waals surface area contributed by atoms with Gasteiger partial charge in [0.05, 0.1) is 5.56 Å². The van der Waals surface area contributed by atoms with Gasteiger partial charge in [0.1, 0.15) is 5.00 Å². The second kappa shape index (κ2) is 2.70. The van der Waals surface area contributed by atoms with Gasteiger partial charge >= 0.3 is 0 Å². The van der Waals surface area contributed by atoms with Gasteiger partial charge in [-0.2, -0.15) is 0 Å². The molecule has 1 rings (SSSR count). The smallest absolute Gasteiger partial charge is 0.251 e. The summed E-state index contributed by atoms with van der Waals surface area (Å²) in [4.78, 5) is 10.6. The molecule has 0 aliphatic carbocycles. The number of carbonyl (C=O) groups excluding carboxylic acids is 1. The van der Waals surface area contributed by atoms with Crippen LogP contribution in [0.5, 0.6) is 0 Å². The van der Waals surface area contributed by atoms with Gasteiger partial charge in [0.15, 0.2) is 0 Å². The van der Waals surface area contributed by atoms with Gasteiger partial charge in [-0.05, 0) is 11.4 Å². The third-order valence-electron chi connectivity index (χ3n) is 1.16. The van der Waals surface area contributed by atoms with Crippen LogP contribution in [0.15, 0.2) is 11.4 Å². The summed E-state index contributed by atoms with van der Waals surface area (Å²) in [6.45, 7) is 0. The number of rotatable bonds is 2. The number of carbonyl (C=O) groups is 1. The zero-order chi connectivity index (χ0) is 7.56. The van der Waals surface area contributed by atoms with Crippen LogP contribution in [-0.2, 0) is 0 Å². The molecule has 1 aromatic rings. The first-order valence-corrected chi connectivity index (χ1v) is 3.68. The molecule has 1 aromatic heterocycles. The third kappa shape index (κ3) is 1.11. The van der Waals surface area contributed by atoms with Gasteiger partial charge in [0, 0.05) is 7.05 Å². The van der Waals surface area contributed by atoms with Crippen molar-refractivity contribution < 1.29 is 4.79 Å². The van der Waals surface area contributed by atoms with Crippen molar-refractivity contribution in [2.75, 3.05) is 12.4 Å². The van der Waals surface area contributed by atoms with Crippen molar-refractivity contribution in [1.82, 2.24) is 0 Å². The van der Waals surface area contributed by atoms with Gasteiger partial charge in [-0.25, -0.2) is 0 Å². The molecule has 0 spiro atoms. The van der Waals surface area contributed by atoms with Crippen molar-refractivity contribution in [2.24, 2.45) is 5.73 Å². The molecule has 3 N–H and O–H groups in total. The first-order valence-electron chi connectivity index (χ1n) is 2.80. The van der Waals surface area contributed by atoms with Crippen LogP contribution in [-0.4, -0.2) is 13.0 Å². The largest absolute Gasteiger partial charge is 0.379 e. The third-order valence-corrected chi connectivity index (χ3v) is 2.09.